The maximum atomic E-state index is 13.0. The van der Waals surface area contributed by atoms with Gasteiger partial charge in [0.15, 0.2) is 0 Å². The highest BCUT2D eigenvalue weighted by Crippen LogP contribution is 2.46. The third kappa shape index (κ3) is 4.42. The Balaban J connectivity index is 1.93. The molecule has 0 saturated carbocycles. The lowest BCUT2D eigenvalue weighted by atomic mass is 9.62. The van der Waals surface area contributed by atoms with Crippen molar-refractivity contribution in [2.24, 2.45) is 0 Å². The minimum absolute atomic E-state index is 0.0368. The van der Waals surface area contributed by atoms with Crippen LogP contribution in [-0.4, -0.2) is 17.0 Å². The minimum Gasteiger partial charge on any atom is -0.478 e. The second-order valence-electron chi connectivity index (χ2n) is 9.23. The average Bonchev–Trinajstić information content (AvgIpc) is 2.64. The molecular weight excluding hydrogens is 362 g/mol. The molecular formula is C25H29NO3. The molecule has 0 fully saturated rings. The smallest absolute Gasteiger partial charge is 0.328 e. The van der Waals surface area contributed by atoms with E-state index in [-0.39, 0.29) is 16.7 Å². The monoisotopic (exact) mass is 391 g/mol. The zero-order valence-corrected chi connectivity index (χ0v) is 17.8. The first kappa shape index (κ1) is 20.8. The van der Waals surface area contributed by atoms with Gasteiger partial charge >= 0.3 is 5.97 Å². The number of carboxylic acid groups (broad SMARTS) is 1. The van der Waals surface area contributed by atoms with Crippen LogP contribution in [0.4, 0.5) is 5.69 Å². The summed E-state index contributed by atoms with van der Waals surface area (Å²) in [4.78, 5) is 23.8. The molecule has 0 saturated heterocycles. The maximum absolute atomic E-state index is 13.0. The molecule has 2 aromatic rings. The largest absolute Gasteiger partial charge is 0.478 e. The molecule has 0 atom stereocenters. The van der Waals surface area contributed by atoms with E-state index in [0.717, 1.165) is 30.0 Å². The van der Waals surface area contributed by atoms with Gasteiger partial charge in [-0.05, 0) is 77.1 Å². The van der Waals surface area contributed by atoms with E-state index in [9.17, 15) is 9.59 Å². The van der Waals surface area contributed by atoms with Gasteiger partial charge in [-0.15, -0.1) is 0 Å². The second kappa shape index (κ2) is 7.51. The Morgan fingerprint density at radius 3 is 2.24 bits per heavy atom. The number of amides is 1. The Hall–Kier alpha value is -2.88. The van der Waals surface area contributed by atoms with E-state index in [1.54, 1.807) is 24.3 Å². The molecule has 1 aliphatic rings. The van der Waals surface area contributed by atoms with E-state index in [1.807, 2.05) is 6.92 Å². The fourth-order valence-electron chi connectivity index (χ4n) is 4.05. The van der Waals surface area contributed by atoms with Crippen molar-refractivity contribution < 1.29 is 14.7 Å². The molecule has 0 aliphatic heterocycles. The summed E-state index contributed by atoms with van der Waals surface area (Å²) in [5.41, 5.74) is 5.74. The van der Waals surface area contributed by atoms with E-state index < -0.39 is 5.97 Å². The molecule has 3 rings (SSSR count). The number of nitrogens with one attached hydrogen (secondary N) is 1. The number of benzene rings is 2. The predicted octanol–water partition coefficient (Wildman–Crippen LogP) is 5.69. The molecule has 0 unspecified atom stereocenters. The van der Waals surface area contributed by atoms with Crippen molar-refractivity contribution in [3.05, 3.63) is 70.3 Å². The van der Waals surface area contributed by atoms with E-state index in [4.69, 9.17) is 5.11 Å². The maximum Gasteiger partial charge on any atom is 0.328 e. The number of hydrogen-bond acceptors (Lipinski definition) is 2. The molecule has 0 aromatic heterocycles. The number of carboxylic acids is 1. The number of carbonyl (C=O) groups excluding carboxylic acids is 1. The van der Waals surface area contributed by atoms with Gasteiger partial charge in [-0.3, -0.25) is 4.79 Å². The van der Waals surface area contributed by atoms with Gasteiger partial charge in [0.25, 0.3) is 5.91 Å². The summed E-state index contributed by atoms with van der Waals surface area (Å²) < 4.78 is 0. The van der Waals surface area contributed by atoms with Crippen molar-refractivity contribution in [2.45, 2.75) is 58.3 Å². The number of hydrogen-bond donors (Lipinski definition) is 2. The van der Waals surface area contributed by atoms with Gasteiger partial charge in [0.05, 0.1) is 0 Å². The van der Waals surface area contributed by atoms with Crippen LogP contribution in [0.5, 0.6) is 0 Å². The first-order chi connectivity index (χ1) is 13.5. The number of rotatable bonds is 4. The zero-order chi connectivity index (χ0) is 21.4. The minimum atomic E-state index is -1.00. The predicted molar refractivity (Wildman–Crippen MR) is 118 cm³/mol. The number of aliphatic carboxylic acids is 1. The molecule has 2 aromatic carbocycles. The third-order valence-electron chi connectivity index (χ3n) is 6.01. The summed E-state index contributed by atoms with van der Waals surface area (Å²) >= 11 is 0. The van der Waals surface area contributed by atoms with Crippen molar-refractivity contribution in [1.29, 1.82) is 0 Å². The molecule has 4 heteroatoms. The molecule has 1 aliphatic carbocycles. The molecule has 0 radical (unpaired) electrons. The Labute approximate surface area is 172 Å². The van der Waals surface area contributed by atoms with Gasteiger partial charge in [-0.2, -0.15) is 0 Å². The van der Waals surface area contributed by atoms with Gasteiger partial charge in [0.1, 0.15) is 0 Å². The van der Waals surface area contributed by atoms with E-state index in [0.29, 0.717) is 11.3 Å². The summed E-state index contributed by atoms with van der Waals surface area (Å²) in [6.07, 6.45) is 4.81. The quantitative estimate of drug-likeness (QED) is 0.658. The highest BCUT2D eigenvalue weighted by molar-refractivity contribution is 6.05. The fraction of sp³-hybridized carbons (Fsp3) is 0.360. The second-order valence-corrected chi connectivity index (χ2v) is 9.23. The first-order valence-corrected chi connectivity index (χ1v) is 9.98. The molecule has 29 heavy (non-hydrogen) atoms. The lowest BCUT2D eigenvalue weighted by Gasteiger charge is -2.42. The number of carbonyl (C=O) groups is 2. The van der Waals surface area contributed by atoms with Gasteiger partial charge in [0.2, 0.25) is 0 Å². The molecule has 0 heterocycles. The summed E-state index contributed by atoms with van der Waals surface area (Å²) in [6, 6.07) is 11.4. The van der Waals surface area contributed by atoms with E-state index in [2.05, 4.69) is 45.1 Å². The van der Waals surface area contributed by atoms with Crippen LogP contribution >= 0.6 is 0 Å². The standard InChI is InChI=1S/C25H29NO3/c1-16-13-20-21(25(4,5)12-11-24(20,2)3)15-19(16)23(29)26-18-8-6-7-17(14-18)9-10-22(27)28/h6-10,13-15H,11-12H2,1-5H3,(H,26,29)(H,27,28)/b10-9+. The van der Waals surface area contributed by atoms with Gasteiger partial charge in [0, 0.05) is 17.3 Å². The van der Waals surface area contributed by atoms with Crippen molar-refractivity contribution in [3.63, 3.8) is 0 Å². The zero-order valence-electron chi connectivity index (χ0n) is 17.8. The number of fused-ring (bicyclic) bond motifs is 1. The Morgan fingerprint density at radius 1 is 1.00 bits per heavy atom. The summed E-state index contributed by atoms with van der Waals surface area (Å²) in [7, 11) is 0. The van der Waals surface area contributed by atoms with Crippen molar-refractivity contribution in [2.75, 3.05) is 5.32 Å². The Kier molecular flexibility index (Phi) is 5.40. The Morgan fingerprint density at radius 2 is 1.62 bits per heavy atom. The van der Waals surface area contributed by atoms with Crippen LogP contribution in [0.15, 0.2) is 42.5 Å². The van der Waals surface area contributed by atoms with Crippen LogP contribution in [0, 0.1) is 6.92 Å². The van der Waals surface area contributed by atoms with E-state index in [1.165, 1.54) is 17.2 Å². The van der Waals surface area contributed by atoms with Gasteiger partial charge < -0.3 is 10.4 Å². The average molecular weight is 392 g/mol. The topological polar surface area (TPSA) is 66.4 Å². The van der Waals surface area contributed by atoms with Crippen LogP contribution in [0.3, 0.4) is 0 Å². The fourth-order valence-corrected chi connectivity index (χ4v) is 4.05. The number of anilines is 1. The van der Waals surface area contributed by atoms with Crippen LogP contribution in [0.25, 0.3) is 6.08 Å². The van der Waals surface area contributed by atoms with Gasteiger partial charge in [-0.25, -0.2) is 4.79 Å². The van der Waals surface area contributed by atoms with Gasteiger partial charge in [-0.1, -0.05) is 45.9 Å². The highest BCUT2D eigenvalue weighted by atomic mass is 16.4. The highest BCUT2D eigenvalue weighted by Gasteiger charge is 2.37. The van der Waals surface area contributed by atoms with Crippen LogP contribution in [0.2, 0.25) is 0 Å². The SMILES string of the molecule is Cc1cc2c(cc1C(=O)Nc1cccc(/C=C/C(=O)O)c1)C(C)(C)CCC2(C)C. The third-order valence-corrected chi connectivity index (χ3v) is 6.01. The van der Waals surface area contributed by atoms with Crippen LogP contribution in [0.1, 0.15) is 73.1 Å². The van der Waals surface area contributed by atoms with Crippen LogP contribution in [-0.2, 0) is 15.6 Å². The normalized spacial score (nSPS) is 17.0. The molecule has 1 amide bonds. The summed E-state index contributed by atoms with van der Waals surface area (Å²) in [5, 5.41) is 11.7. The molecule has 0 bridgehead atoms. The van der Waals surface area contributed by atoms with E-state index >= 15 is 0 Å². The number of aryl methyl sites for hydroxylation is 1. The molecule has 2 N–H and O–H groups in total. The summed E-state index contributed by atoms with van der Waals surface area (Å²) in [5.74, 6) is -1.15. The lowest BCUT2D eigenvalue weighted by molar-refractivity contribution is -0.131. The molecule has 0 spiro atoms. The summed E-state index contributed by atoms with van der Waals surface area (Å²) in [6.45, 7) is 11.0. The van der Waals surface area contributed by atoms with Crippen molar-refractivity contribution >= 4 is 23.6 Å². The van der Waals surface area contributed by atoms with Crippen molar-refractivity contribution in [3.8, 4) is 0 Å². The first-order valence-electron chi connectivity index (χ1n) is 9.98. The lowest BCUT2D eigenvalue weighted by Crippen LogP contribution is -2.34. The molecule has 4 nitrogen and oxygen atoms in total. The molecule has 152 valence electrons. The van der Waals surface area contributed by atoms with Crippen LogP contribution < -0.4 is 5.32 Å². The van der Waals surface area contributed by atoms with Crippen molar-refractivity contribution in [1.82, 2.24) is 0 Å². The Bertz CT molecular complexity index is 999.